The molecule has 12 heteroatoms. The third-order valence-electron chi connectivity index (χ3n) is 6.18. The second kappa shape index (κ2) is 10.2. The molecule has 0 saturated heterocycles. The Morgan fingerprint density at radius 3 is 2.31 bits per heavy atom. The molecule has 1 aliphatic carbocycles. The van der Waals surface area contributed by atoms with Crippen molar-refractivity contribution in [3.8, 4) is 29.3 Å². The fourth-order valence-electron chi connectivity index (χ4n) is 3.89. The minimum Gasteiger partial charge on any atom is -0.491 e. The minimum atomic E-state index is -1.27. The van der Waals surface area contributed by atoms with E-state index in [1.54, 1.807) is 12.1 Å². The molecule has 3 heterocycles. The average molecular weight is 529 g/mol. The lowest BCUT2D eigenvalue weighted by atomic mass is 10.0. The van der Waals surface area contributed by atoms with Crippen molar-refractivity contribution in [1.82, 2.24) is 15.0 Å². The first-order valence-corrected chi connectivity index (χ1v) is 11.7. The van der Waals surface area contributed by atoms with Gasteiger partial charge in [-0.05, 0) is 43.2 Å². The molecule has 0 radical (unpaired) electrons. The maximum Gasteiger partial charge on any atom is 0.257 e. The Hall–Kier alpha value is -5.31. The number of carbonyl (C=O) groups excluding carboxylic acids is 2. The predicted molar refractivity (Wildman–Crippen MR) is 137 cm³/mol. The number of ether oxygens (including phenoxy) is 3. The van der Waals surface area contributed by atoms with E-state index in [0.717, 1.165) is 0 Å². The van der Waals surface area contributed by atoms with Gasteiger partial charge in [-0.1, -0.05) is 0 Å². The third-order valence-corrected chi connectivity index (χ3v) is 6.18. The van der Waals surface area contributed by atoms with Crippen molar-refractivity contribution in [2.75, 3.05) is 24.9 Å². The van der Waals surface area contributed by atoms with Crippen LogP contribution in [0.2, 0.25) is 0 Å². The van der Waals surface area contributed by atoms with E-state index in [4.69, 9.17) is 14.2 Å². The Kier molecular flexibility index (Phi) is 6.64. The zero-order valence-corrected chi connectivity index (χ0v) is 20.8. The lowest BCUT2D eigenvalue weighted by Crippen LogP contribution is -2.35. The molecule has 11 nitrogen and oxygen atoms in total. The normalized spacial score (nSPS) is 13.2. The Morgan fingerprint density at radius 1 is 0.949 bits per heavy atom. The number of amides is 2. The molecule has 196 valence electrons. The summed E-state index contributed by atoms with van der Waals surface area (Å²) in [4.78, 5) is 38.7. The molecule has 2 amide bonds. The van der Waals surface area contributed by atoms with Crippen molar-refractivity contribution >= 4 is 34.2 Å². The summed E-state index contributed by atoms with van der Waals surface area (Å²) in [6, 6.07) is 11.9. The molecule has 0 spiro atoms. The number of pyridine rings is 3. The van der Waals surface area contributed by atoms with Crippen LogP contribution in [0.4, 0.5) is 15.8 Å². The summed E-state index contributed by atoms with van der Waals surface area (Å²) in [5.74, 6) is -0.590. The molecular formula is C27H21FN6O5. The van der Waals surface area contributed by atoms with Crippen LogP contribution in [-0.2, 0) is 9.59 Å². The largest absolute Gasteiger partial charge is 0.491 e. The predicted octanol–water partition coefficient (Wildman–Crippen LogP) is 4.20. The van der Waals surface area contributed by atoms with Gasteiger partial charge in [0.2, 0.25) is 17.7 Å². The fourth-order valence-corrected chi connectivity index (χ4v) is 3.89. The first-order chi connectivity index (χ1) is 18.9. The molecular weight excluding hydrogens is 507 g/mol. The number of fused-ring (bicyclic) bond motifs is 1. The maximum atomic E-state index is 13.2. The second-order valence-electron chi connectivity index (χ2n) is 8.66. The van der Waals surface area contributed by atoms with E-state index in [0.29, 0.717) is 35.3 Å². The van der Waals surface area contributed by atoms with Gasteiger partial charge in [0.1, 0.15) is 28.4 Å². The highest BCUT2D eigenvalue weighted by Gasteiger charge is 2.56. The Morgan fingerprint density at radius 2 is 1.67 bits per heavy atom. The van der Waals surface area contributed by atoms with E-state index in [9.17, 15) is 19.2 Å². The Bertz CT molecular complexity index is 1630. The molecule has 1 fully saturated rings. The van der Waals surface area contributed by atoms with Gasteiger partial charge in [0.05, 0.1) is 31.6 Å². The van der Waals surface area contributed by atoms with E-state index in [1.165, 1.54) is 56.9 Å². The zero-order chi connectivity index (χ0) is 27.6. The van der Waals surface area contributed by atoms with Crippen LogP contribution < -0.4 is 24.8 Å². The summed E-state index contributed by atoms with van der Waals surface area (Å²) in [6.45, 7) is 0. The Balaban J connectivity index is 1.34. The van der Waals surface area contributed by atoms with Crippen LogP contribution in [-0.4, -0.2) is 41.0 Å². The van der Waals surface area contributed by atoms with Crippen molar-refractivity contribution in [2.24, 2.45) is 5.41 Å². The second-order valence-corrected chi connectivity index (χ2v) is 8.66. The molecule has 4 aromatic rings. The molecule has 0 unspecified atom stereocenters. The van der Waals surface area contributed by atoms with Crippen LogP contribution in [0.25, 0.3) is 11.0 Å². The highest BCUT2D eigenvalue weighted by molar-refractivity contribution is 6.16. The monoisotopic (exact) mass is 528 g/mol. The number of benzene rings is 1. The molecule has 3 aromatic heterocycles. The number of aromatic nitrogens is 3. The van der Waals surface area contributed by atoms with Crippen molar-refractivity contribution in [3.63, 3.8) is 0 Å². The van der Waals surface area contributed by atoms with Crippen LogP contribution in [0.15, 0.2) is 54.9 Å². The van der Waals surface area contributed by atoms with Crippen LogP contribution >= 0.6 is 0 Å². The van der Waals surface area contributed by atoms with Crippen LogP contribution in [0, 0.1) is 22.6 Å². The number of rotatable bonds is 8. The van der Waals surface area contributed by atoms with Crippen molar-refractivity contribution < 1.29 is 28.2 Å². The highest BCUT2D eigenvalue weighted by Crippen LogP contribution is 2.47. The molecule has 0 atom stereocenters. The van der Waals surface area contributed by atoms with Crippen molar-refractivity contribution in [3.05, 3.63) is 66.2 Å². The van der Waals surface area contributed by atoms with Gasteiger partial charge in [-0.3, -0.25) is 14.6 Å². The van der Waals surface area contributed by atoms with Gasteiger partial charge in [-0.2, -0.15) is 5.26 Å². The number of nitrogens with one attached hydrogen (secondary N) is 2. The number of halogens is 1. The van der Waals surface area contributed by atoms with Gasteiger partial charge >= 0.3 is 0 Å². The molecule has 0 aliphatic heterocycles. The van der Waals surface area contributed by atoms with Crippen LogP contribution in [0.1, 0.15) is 18.4 Å². The number of nitriles is 1. The lowest BCUT2D eigenvalue weighted by Gasteiger charge is -2.16. The summed E-state index contributed by atoms with van der Waals surface area (Å²) in [7, 11) is 2.94. The molecule has 39 heavy (non-hydrogen) atoms. The minimum absolute atomic E-state index is 0.0187. The molecule has 2 N–H and O–H groups in total. The van der Waals surface area contributed by atoms with Gasteiger partial charge in [0.15, 0.2) is 11.5 Å². The summed E-state index contributed by atoms with van der Waals surface area (Å²) >= 11 is 0. The lowest BCUT2D eigenvalue weighted by molar-refractivity contribution is -0.131. The van der Waals surface area contributed by atoms with E-state index in [2.05, 4.69) is 25.6 Å². The molecule has 5 rings (SSSR count). The SMILES string of the molecule is COc1cc2nccc(Oc3ncc(NC(=O)C4(C(=O)Nc5ccc(F)cc5)CC4)cc3C#N)c2nc1OC. The highest BCUT2D eigenvalue weighted by atomic mass is 19.1. The summed E-state index contributed by atoms with van der Waals surface area (Å²) in [5, 5.41) is 15.0. The van der Waals surface area contributed by atoms with E-state index < -0.39 is 23.0 Å². The number of anilines is 2. The molecule has 1 saturated carbocycles. The van der Waals surface area contributed by atoms with Crippen LogP contribution in [0.5, 0.6) is 23.3 Å². The average Bonchev–Trinajstić information content (AvgIpc) is 3.77. The fraction of sp³-hybridized carbons (Fsp3) is 0.185. The van der Waals surface area contributed by atoms with Crippen LogP contribution in [0.3, 0.4) is 0 Å². The number of hydrogen-bond acceptors (Lipinski definition) is 9. The molecule has 0 bridgehead atoms. The van der Waals surface area contributed by atoms with Crippen molar-refractivity contribution in [2.45, 2.75) is 12.8 Å². The van der Waals surface area contributed by atoms with Gasteiger partial charge in [0.25, 0.3) is 5.88 Å². The first kappa shape index (κ1) is 25.3. The van der Waals surface area contributed by atoms with Gasteiger partial charge < -0.3 is 24.8 Å². The van der Waals surface area contributed by atoms with Gasteiger partial charge in [0, 0.05) is 24.0 Å². The molecule has 1 aliphatic rings. The summed E-state index contributed by atoms with van der Waals surface area (Å²) < 4.78 is 29.6. The van der Waals surface area contributed by atoms with Crippen molar-refractivity contribution in [1.29, 1.82) is 5.26 Å². The van der Waals surface area contributed by atoms with E-state index in [-0.39, 0.29) is 28.8 Å². The number of nitrogens with zero attached hydrogens (tertiary/aromatic N) is 4. The van der Waals surface area contributed by atoms with Gasteiger partial charge in [-0.15, -0.1) is 0 Å². The quantitative estimate of drug-likeness (QED) is 0.321. The summed E-state index contributed by atoms with van der Waals surface area (Å²) in [5.41, 5.74) is 0.206. The standard InChI is InChI=1S/C27H21FN6O5/c1-37-21-12-19-22(34-24(21)38-2)20(7-10-30-19)39-23-15(13-29)11-18(14-31-23)33-26(36)27(8-9-27)25(35)32-17-5-3-16(28)4-6-17/h3-7,10-12,14H,8-9H2,1-2H3,(H,32,35)(H,33,36). The first-order valence-electron chi connectivity index (χ1n) is 11.7. The van der Waals surface area contributed by atoms with E-state index in [1.807, 2.05) is 6.07 Å². The number of methoxy groups -OCH3 is 2. The molecule has 1 aromatic carbocycles. The third kappa shape index (κ3) is 4.97. The zero-order valence-electron chi connectivity index (χ0n) is 20.8. The number of hydrogen-bond donors (Lipinski definition) is 2. The summed E-state index contributed by atoms with van der Waals surface area (Å²) in [6.07, 6.45) is 3.53. The Labute approximate surface area is 221 Å². The van der Waals surface area contributed by atoms with E-state index >= 15 is 0 Å². The smallest absolute Gasteiger partial charge is 0.257 e. The topological polar surface area (TPSA) is 148 Å². The van der Waals surface area contributed by atoms with Gasteiger partial charge in [-0.25, -0.2) is 14.4 Å². The number of carbonyl (C=O) groups is 2. The maximum absolute atomic E-state index is 13.2.